The van der Waals surface area contributed by atoms with Crippen molar-refractivity contribution >= 4 is 39.5 Å². The van der Waals surface area contributed by atoms with Crippen molar-refractivity contribution in [1.82, 2.24) is 0 Å². The first-order valence-corrected chi connectivity index (χ1v) is 17.2. The standard InChI is InChI=1S/3C3H6.2Sn/c3*1-3-2;;/h3*1-3H2;;. The minimum absolute atomic E-state index is 0.665. The molecule has 0 amide bonds. The first-order chi connectivity index (χ1) is 5.45. The Kier molecular flexibility index (Phi) is 3.94. The van der Waals surface area contributed by atoms with Crippen molar-refractivity contribution < 1.29 is 0 Å². The predicted molar refractivity (Wildman–Crippen MR) is 54.2 cm³/mol. The molecule has 11 heavy (non-hydrogen) atoms. The van der Waals surface area contributed by atoms with Crippen LogP contribution in [0.5, 0.6) is 0 Å². The van der Waals surface area contributed by atoms with Crippen LogP contribution in [0.1, 0.15) is 19.3 Å². The van der Waals surface area contributed by atoms with Gasteiger partial charge in [-0.05, 0) is 0 Å². The summed E-state index contributed by atoms with van der Waals surface area (Å²) in [4.78, 5) is 0. The van der Waals surface area contributed by atoms with Crippen LogP contribution in [-0.2, 0) is 0 Å². The van der Waals surface area contributed by atoms with Gasteiger partial charge in [-0.25, -0.2) is 0 Å². The second-order valence-electron chi connectivity index (χ2n) is 4.06. The van der Waals surface area contributed by atoms with Crippen LogP contribution in [0.2, 0.25) is 26.6 Å². The monoisotopic (exact) mass is 366 g/mol. The molecule has 0 saturated carbocycles. The third-order valence-corrected chi connectivity index (χ3v) is 21.3. The number of hydrogen-bond acceptors (Lipinski definition) is 0. The van der Waals surface area contributed by atoms with Crippen molar-refractivity contribution in [3.63, 3.8) is 0 Å². The molecule has 0 aliphatic carbocycles. The van der Waals surface area contributed by atoms with Gasteiger partial charge in [0.05, 0.1) is 0 Å². The zero-order valence-corrected chi connectivity index (χ0v) is 13.1. The van der Waals surface area contributed by atoms with Crippen LogP contribution in [0, 0.1) is 0 Å². The fourth-order valence-corrected chi connectivity index (χ4v) is 27.0. The molecule has 0 N–H and O–H groups in total. The summed E-state index contributed by atoms with van der Waals surface area (Å²) in [7, 11) is 0. The van der Waals surface area contributed by atoms with E-state index in [1.165, 1.54) is 0 Å². The molecule has 62 valence electrons. The summed E-state index contributed by atoms with van der Waals surface area (Å²) < 4.78 is 10.8. The molecule has 2 radical (unpaired) electrons. The molecule has 2 bridgehead atoms. The van der Waals surface area contributed by atoms with Crippen LogP contribution in [0.3, 0.4) is 0 Å². The molecular formula is C9H18Sn2. The van der Waals surface area contributed by atoms with E-state index in [1.807, 2.05) is 0 Å². The van der Waals surface area contributed by atoms with Crippen LogP contribution < -0.4 is 0 Å². The van der Waals surface area contributed by atoms with E-state index in [-0.39, 0.29) is 0 Å². The second-order valence-corrected chi connectivity index (χ2v) is 21.2. The molecule has 0 spiro atoms. The van der Waals surface area contributed by atoms with Gasteiger partial charge in [0, 0.05) is 0 Å². The Morgan fingerprint density at radius 2 is 0.727 bits per heavy atom. The summed E-state index contributed by atoms with van der Waals surface area (Å²) in [5.74, 6) is 0. The molecule has 3 aliphatic rings. The van der Waals surface area contributed by atoms with E-state index in [1.54, 1.807) is 45.9 Å². The maximum atomic E-state index is 1.80. The molecule has 0 unspecified atom stereocenters. The van der Waals surface area contributed by atoms with Crippen molar-refractivity contribution in [3.05, 3.63) is 0 Å². The second kappa shape index (κ2) is 4.73. The molecule has 0 aromatic carbocycles. The van der Waals surface area contributed by atoms with Crippen LogP contribution in [0.4, 0.5) is 0 Å². The summed E-state index contributed by atoms with van der Waals surface area (Å²) in [5.41, 5.74) is 0. The Morgan fingerprint density at radius 3 is 1.00 bits per heavy atom. The number of hydrogen-bond donors (Lipinski definition) is 0. The first kappa shape index (κ1) is 9.16. The van der Waals surface area contributed by atoms with Crippen molar-refractivity contribution in [2.24, 2.45) is 0 Å². The van der Waals surface area contributed by atoms with E-state index in [0.29, 0.717) is 0 Å². The summed E-state index contributed by atoms with van der Waals surface area (Å²) in [6.07, 6.45) is 5.14. The van der Waals surface area contributed by atoms with E-state index in [4.69, 9.17) is 0 Å². The Labute approximate surface area is 84.6 Å². The van der Waals surface area contributed by atoms with Crippen LogP contribution in [0.15, 0.2) is 0 Å². The minimum atomic E-state index is -0.665. The maximum absolute atomic E-state index is 1.80. The number of fused-ring (bicyclic) bond motifs is 6. The average Bonchev–Trinajstić information content (AvgIpc) is 1.80. The van der Waals surface area contributed by atoms with Gasteiger partial charge in [0.1, 0.15) is 0 Å². The zero-order valence-electron chi connectivity index (χ0n) is 7.36. The van der Waals surface area contributed by atoms with E-state index >= 15 is 0 Å². The van der Waals surface area contributed by atoms with Gasteiger partial charge in [0.2, 0.25) is 0 Å². The normalized spacial score (nSPS) is 29.5. The summed E-state index contributed by atoms with van der Waals surface area (Å²) in [6, 6.07) is 0. The van der Waals surface area contributed by atoms with Gasteiger partial charge in [0.15, 0.2) is 0 Å². The summed E-state index contributed by atoms with van der Waals surface area (Å²) in [6.45, 7) is 0. The summed E-state index contributed by atoms with van der Waals surface area (Å²) in [5, 5.41) is 0. The average molecular weight is 364 g/mol. The molecule has 0 aromatic heterocycles. The van der Waals surface area contributed by atoms with Crippen molar-refractivity contribution in [1.29, 1.82) is 0 Å². The molecular weight excluding hydrogens is 346 g/mol. The molecule has 0 nitrogen and oxygen atoms in total. The van der Waals surface area contributed by atoms with Gasteiger partial charge >= 0.3 is 85.4 Å². The quantitative estimate of drug-likeness (QED) is 0.580. The fourth-order valence-electron chi connectivity index (χ4n) is 2.52. The third kappa shape index (κ3) is 2.78. The molecule has 0 aromatic rings. The molecule has 3 aliphatic heterocycles. The van der Waals surface area contributed by atoms with E-state index in [9.17, 15) is 0 Å². The first-order valence-electron chi connectivity index (χ1n) is 5.12. The Balaban J connectivity index is 1.96. The van der Waals surface area contributed by atoms with E-state index in [2.05, 4.69) is 0 Å². The van der Waals surface area contributed by atoms with Gasteiger partial charge < -0.3 is 0 Å². The molecule has 3 heterocycles. The SMILES string of the molecule is C1[CH2][Sn]2[CH2]C[CH2][Sn]([CH2]1)[CH2]C[CH2]2. The van der Waals surface area contributed by atoms with Crippen molar-refractivity contribution in [2.45, 2.75) is 45.9 Å². The van der Waals surface area contributed by atoms with Crippen LogP contribution >= 0.6 is 0 Å². The van der Waals surface area contributed by atoms with Gasteiger partial charge in [-0.1, -0.05) is 0 Å². The Hall–Kier alpha value is 1.60. The molecule has 3 fully saturated rings. The van der Waals surface area contributed by atoms with Gasteiger partial charge in [0.25, 0.3) is 0 Å². The van der Waals surface area contributed by atoms with Gasteiger partial charge in [-0.2, -0.15) is 0 Å². The molecule has 2 heteroatoms. The zero-order chi connectivity index (χ0) is 7.52. The third-order valence-electron chi connectivity index (χ3n) is 3.18. The van der Waals surface area contributed by atoms with E-state index in [0.717, 1.165) is 0 Å². The molecule has 3 rings (SSSR count). The van der Waals surface area contributed by atoms with Gasteiger partial charge in [-0.15, -0.1) is 0 Å². The summed E-state index contributed by atoms with van der Waals surface area (Å²) >= 11 is -1.33. The predicted octanol–water partition coefficient (Wildman–Crippen LogP) is 3.17. The van der Waals surface area contributed by atoms with E-state index < -0.39 is 39.5 Å². The molecule has 0 atom stereocenters. The van der Waals surface area contributed by atoms with Crippen LogP contribution in [-0.4, -0.2) is 39.5 Å². The number of rotatable bonds is 0. The topological polar surface area (TPSA) is 0 Å². The van der Waals surface area contributed by atoms with Crippen molar-refractivity contribution in [2.75, 3.05) is 0 Å². The molecule has 3 saturated heterocycles. The Morgan fingerprint density at radius 1 is 0.455 bits per heavy atom. The fraction of sp³-hybridized carbons (Fsp3) is 1.00. The van der Waals surface area contributed by atoms with Crippen molar-refractivity contribution in [3.8, 4) is 0 Å². The van der Waals surface area contributed by atoms with Crippen LogP contribution in [0.25, 0.3) is 0 Å². The van der Waals surface area contributed by atoms with Gasteiger partial charge in [-0.3, -0.25) is 0 Å². The Bertz CT molecular complexity index is 89.0.